The van der Waals surface area contributed by atoms with Crippen LogP contribution in [0, 0.1) is 0 Å². The Hall–Kier alpha value is -1.51. The third-order valence-electron chi connectivity index (χ3n) is 2.50. The van der Waals surface area contributed by atoms with Gasteiger partial charge in [-0.2, -0.15) is 22.0 Å². The number of rotatable bonds is 4. The quantitative estimate of drug-likeness (QED) is 0.588. The van der Waals surface area contributed by atoms with E-state index in [9.17, 15) is 22.0 Å². The molecular weight excluding hydrogens is 287 g/mol. The molecule has 112 valence electrons. The van der Waals surface area contributed by atoms with E-state index in [0.29, 0.717) is 11.6 Å². The topological polar surface area (TPSA) is 60.7 Å². The molecule has 1 aromatic rings. The van der Waals surface area contributed by atoms with Crippen molar-refractivity contribution in [3.05, 3.63) is 42.0 Å². The van der Waals surface area contributed by atoms with Gasteiger partial charge in [-0.15, -0.1) is 0 Å². The van der Waals surface area contributed by atoms with Crippen LogP contribution in [-0.4, -0.2) is 39.3 Å². The van der Waals surface area contributed by atoms with Crippen molar-refractivity contribution in [2.24, 2.45) is 0 Å². The van der Waals surface area contributed by atoms with Crippen LogP contribution < -0.4 is 0 Å². The van der Waals surface area contributed by atoms with E-state index in [0.717, 1.165) is 6.08 Å². The minimum atomic E-state index is -6.02. The average molecular weight is 298 g/mol. The van der Waals surface area contributed by atoms with Gasteiger partial charge in [0.25, 0.3) is 0 Å². The third-order valence-corrected chi connectivity index (χ3v) is 2.50. The van der Waals surface area contributed by atoms with Crippen molar-refractivity contribution < 1.29 is 37.3 Å². The number of aliphatic hydroxyl groups is 3. The van der Waals surface area contributed by atoms with Crippen LogP contribution in [0.1, 0.15) is 5.56 Å². The van der Waals surface area contributed by atoms with E-state index in [1.807, 2.05) is 0 Å². The maximum atomic E-state index is 13.3. The molecule has 1 atom stereocenters. The molecule has 0 bridgehead atoms. The summed E-state index contributed by atoms with van der Waals surface area (Å²) in [6.45, 7) is 0. The molecule has 8 heteroatoms. The Kier molecular flexibility index (Phi) is 4.52. The predicted molar refractivity (Wildman–Crippen MR) is 59.7 cm³/mol. The summed E-state index contributed by atoms with van der Waals surface area (Å²) in [5, 5.41) is 26.1. The molecule has 0 heterocycles. The van der Waals surface area contributed by atoms with E-state index in [4.69, 9.17) is 15.3 Å². The van der Waals surface area contributed by atoms with Crippen LogP contribution in [0.15, 0.2) is 36.4 Å². The summed E-state index contributed by atoms with van der Waals surface area (Å²) in [4.78, 5) is 0. The van der Waals surface area contributed by atoms with Gasteiger partial charge in [0.2, 0.25) is 0 Å². The summed E-state index contributed by atoms with van der Waals surface area (Å²) in [6.07, 6.45) is -7.76. The highest BCUT2D eigenvalue weighted by Gasteiger charge is 2.71. The van der Waals surface area contributed by atoms with Crippen molar-refractivity contribution in [3.63, 3.8) is 0 Å². The molecule has 3 N–H and O–H groups in total. The zero-order valence-corrected chi connectivity index (χ0v) is 9.85. The Morgan fingerprint density at radius 3 is 1.90 bits per heavy atom. The first-order valence-electron chi connectivity index (χ1n) is 5.31. The van der Waals surface area contributed by atoms with Gasteiger partial charge in [-0.1, -0.05) is 36.4 Å². The highest BCUT2D eigenvalue weighted by atomic mass is 19.4. The van der Waals surface area contributed by atoms with Gasteiger partial charge in [-0.3, -0.25) is 0 Å². The van der Waals surface area contributed by atoms with Crippen LogP contribution >= 0.6 is 0 Å². The summed E-state index contributed by atoms with van der Waals surface area (Å²) in [5.41, 5.74) is 0.343. The molecule has 0 amide bonds. The minimum absolute atomic E-state index is 0.343. The Bertz CT molecular complexity index is 468. The number of hydrogen-bond donors (Lipinski definition) is 3. The van der Waals surface area contributed by atoms with Gasteiger partial charge in [-0.25, -0.2) is 0 Å². The van der Waals surface area contributed by atoms with E-state index >= 15 is 0 Å². The maximum Gasteiger partial charge on any atom is 0.449 e. The normalized spacial score (nSPS) is 15.6. The Balaban J connectivity index is 2.96. The van der Waals surface area contributed by atoms with Crippen LogP contribution in [0.4, 0.5) is 22.0 Å². The fourth-order valence-corrected chi connectivity index (χ4v) is 1.28. The molecule has 0 saturated heterocycles. The number of hydrogen-bond acceptors (Lipinski definition) is 3. The maximum absolute atomic E-state index is 13.3. The van der Waals surface area contributed by atoms with Crippen LogP contribution in [0.2, 0.25) is 0 Å². The molecule has 0 aromatic heterocycles. The monoisotopic (exact) mass is 298 g/mol. The molecule has 0 spiro atoms. The van der Waals surface area contributed by atoms with Crippen molar-refractivity contribution in [1.29, 1.82) is 0 Å². The predicted octanol–water partition coefficient (Wildman–Crippen LogP) is 1.94. The van der Waals surface area contributed by atoms with E-state index in [1.54, 1.807) is 18.2 Å². The number of halogens is 5. The van der Waals surface area contributed by atoms with Gasteiger partial charge in [0.15, 0.2) is 0 Å². The first kappa shape index (κ1) is 16.5. The van der Waals surface area contributed by atoms with E-state index < -0.39 is 24.0 Å². The number of alkyl halides is 5. The molecule has 3 nitrogen and oxygen atoms in total. The molecule has 0 saturated carbocycles. The molecule has 0 aliphatic heterocycles. The van der Waals surface area contributed by atoms with Gasteiger partial charge >= 0.3 is 17.9 Å². The van der Waals surface area contributed by atoms with E-state index in [1.165, 1.54) is 12.1 Å². The molecule has 0 aliphatic rings. The Labute approximate surface area is 110 Å². The lowest BCUT2D eigenvalue weighted by Gasteiger charge is -2.34. The summed E-state index contributed by atoms with van der Waals surface area (Å²) in [6, 6.07) is 7.62. The van der Waals surface area contributed by atoms with Gasteiger partial charge in [0.1, 0.15) is 6.10 Å². The fourth-order valence-electron chi connectivity index (χ4n) is 1.28. The molecule has 1 aromatic carbocycles. The summed E-state index contributed by atoms with van der Waals surface area (Å²) < 4.78 is 63.0. The van der Waals surface area contributed by atoms with Gasteiger partial charge in [0.05, 0.1) is 0 Å². The molecule has 20 heavy (non-hydrogen) atoms. The van der Waals surface area contributed by atoms with Crippen molar-refractivity contribution >= 4 is 6.08 Å². The number of aliphatic hydroxyl groups excluding tert-OH is 1. The van der Waals surface area contributed by atoms with Crippen LogP contribution in [0.25, 0.3) is 6.08 Å². The standard InChI is InChI=1S/C12H11F5O3/c13-10(14,11(19,20)12(15,16)17)9(18)7-6-8-4-2-1-3-5-8/h1-7,9,18-20H/b7-6+. The lowest BCUT2D eigenvalue weighted by atomic mass is 10.0. The second kappa shape index (κ2) is 5.47. The SMILES string of the molecule is OC(/C=C/c1ccccc1)C(F)(F)C(O)(O)C(F)(F)F. The first-order chi connectivity index (χ1) is 9.00. The molecule has 0 fully saturated rings. The molecule has 0 radical (unpaired) electrons. The molecule has 1 rings (SSSR count). The van der Waals surface area contributed by atoms with E-state index in [2.05, 4.69) is 0 Å². The zero-order valence-electron chi connectivity index (χ0n) is 9.85. The molecule has 0 aliphatic carbocycles. The Morgan fingerprint density at radius 1 is 0.950 bits per heavy atom. The van der Waals surface area contributed by atoms with Crippen molar-refractivity contribution in [3.8, 4) is 0 Å². The molecular formula is C12H11F5O3. The largest absolute Gasteiger partial charge is 0.449 e. The third kappa shape index (κ3) is 3.14. The van der Waals surface area contributed by atoms with Crippen LogP contribution in [-0.2, 0) is 0 Å². The minimum Gasteiger partial charge on any atom is -0.382 e. The average Bonchev–Trinajstić information content (AvgIpc) is 2.35. The lowest BCUT2D eigenvalue weighted by molar-refractivity contribution is -0.425. The lowest BCUT2D eigenvalue weighted by Crippen LogP contribution is -2.63. The van der Waals surface area contributed by atoms with Crippen LogP contribution in [0.3, 0.4) is 0 Å². The van der Waals surface area contributed by atoms with Gasteiger partial charge in [0, 0.05) is 0 Å². The molecule has 1 unspecified atom stereocenters. The van der Waals surface area contributed by atoms with Crippen molar-refractivity contribution in [2.75, 3.05) is 0 Å². The summed E-state index contributed by atoms with van der Waals surface area (Å²) in [5.74, 6) is -10.6. The fraction of sp³-hybridized carbons (Fsp3) is 0.333. The van der Waals surface area contributed by atoms with Crippen molar-refractivity contribution in [2.45, 2.75) is 24.0 Å². The highest BCUT2D eigenvalue weighted by molar-refractivity contribution is 5.49. The second-order valence-electron chi connectivity index (χ2n) is 4.01. The zero-order chi connectivity index (χ0) is 15.6. The highest BCUT2D eigenvalue weighted by Crippen LogP contribution is 2.42. The van der Waals surface area contributed by atoms with E-state index in [-0.39, 0.29) is 0 Å². The van der Waals surface area contributed by atoms with Crippen molar-refractivity contribution in [1.82, 2.24) is 0 Å². The Morgan fingerprint density at radius 2 is 1.45 bits per heavy atom. The van der Waals surface area contributed by atoms with Gasteiger partial charge < -0.3 is 15.3 Å². The smallest absolute Gasteiger partial charge is 0.382 e. The number of benzene rings is 1. The summed E-state index contributed by atoms with van der Waals surface area (Å²) in [7, 11) is 0. The van der Waals surface area contributed by atoms with Crippen LogP contribution in [0.5, 0.6) is 0 Å². The second-order valence-corrected chi connectivity index (χ2v) is 4.01. The first-order valence-corrected chi connectivity index (χ1v) is 5.31. The van der Waals surface area contributed by atoms with Gasteiger partial charge in [-0.05, 0) is 11.6 Å². The summed E-state index contributed by atoms with van der Waals surface area (Å²) >= 11 is 0.